The molecule has 0 aliphatic rings. The highest BCUT2D eigenvalue weighted by Gasteiger charge is 2.09. The zero-order chi connectivity index (χ0) is 11.3. The van der Waals surface area contributed by atoms with E-state index in [-0.39, 0.29) is 5.05 Å². The van der Waals surface area contributed by atoms with Gasteiger partial charge in [0.1, 0.15) is 10.3 Å². The van der Waals surface area contributed by atoms with E-state index in [1.165, 1.54) is 0 Å². The summed E-state index contributed by atoms with van der Waals surface area (Å²) in [6.07, 6.45) is 2.31. The van der Waals surface area contributed by atoms with Crippen molar-refractivity contribution in [2.24, 2.45) is 0 Å². The van der Waals surface area contributed by atoms with Crippen LogP contribution < -0.4 is 0 Å². The van der Waals surface area contributed by atoms with Crippen LogP contribution in [0.2, 0.25) is 0 Å². The predicted molar refractivity (Wildman–Crippen MR) is 71.9 cm³/mol. The van der Waals surface area contributed by atoms with Crippen molar-refractivity contribution >= 4 is 45.0 Å². The Morgan fingerprint density at radius 1 is 1.60 bits per heavy atom. The molecule has 0 spiro atoms. The van der Waals surface area contributed by atoms with E-state index < -0.39 is 0 Å². The van der Waals surface area contributed by atoms with Crippen molar-refractivity contribution in [2.45, 2.75) is 24.7 Å². The summed E-state index contributed by atoms with van der Waals surface area (Å²) in [5.74, 6) is 1.02. The van der Waals surface area contributed by atoms with Gasteiger partial charge >= 0.3 is 0 Å². The van der Waals surface area contributed by atoms with Crippen LogP contribution in [0.25, 0.3) is 0 Å². The molecule has 0 aromatic carbocycles. The fourth-order valence-corrected chi connectivity index (χ4v) is 2.64. The van der Waals surface area contributed by atoms with Crippen molar-refractivity contribution in [3.05, 3.63) is 22.4 Å². The summed E-state index contributed by atoms with van der Waals surface area (Å²) in [6.45, 7) is 2.15. The van der Waals surface area contributed by atoms with Gasteiger partial charge in [0, 0.05) is 4.90 Å². The summed E-state index contributed by atoms with van der Waals surface area (Å²) in [6, 6.07) is 3.78. The molecule has 15 heavy (non-hydrogen) atoms. The highest BCUT2D eigenvalue weighted by atomic mass is 79.9. The molecule has 0 aliphatic carbocycles. The van der Waals surface area contributed by atoms with Crippen LogP contribution in [0, 0.1) is 0 Å². The van der Waals surface area contributed by atoms with Gasteiger partial charge in [-0.1, -0.05) is 13.3 Å². The molecule has 0 atom stereocenters. The van der Waals surface area contributed by atoms with E-state index in [0.29, 0.717) is 10.3 Å². The van der Waals surface area contributed by atoms with Gasteiger partial charge in [-0.05, 0) is 52.5 Å². The highest BCUT2D eigenvalue weighted by Crippen LogP contribution is 2.24. The Morgan fingerprint density at radius 2 is 2.33 bits per heavy atom. The Kier molecular flexibility index (Phi) is 5.56. The van der Waals surface area contributed by atoms with E-state index in [1.807, 2.05) is 12.1 Å². The van der Waals surface area contributed by atoms with Gasteiger partial charge in [-0.25, -0.2) is 4.98 Å². The van der Waals surface area contributed by atoms with Crippen molar-refractivity contribution in [3.8, 4) is 0 Å². The van der Waals surface area contributed by atoms with Gasteiger partial charge in [0.25, 0.3) is 0 Å². The molecule has 5 heteroatoms. The van der Waals surface area contributed by atoms with Gasteiger partial charge in [0.05, 0.1) is 0 Å². The Balaban J connectivity index is 2.81. The Labute approximate surface area is 108 Å². The van der Waals surface area contributed by atoms with Gasteiger partial charge < -0.3 is 5.11 Å². The number of nitrogens with zero attached hydrogens (tertiary/aromatic N) is 1. The molecule has 0 unspecified atom stereocenters. The van der Waals surface area contributed by atoms with Gasteiger partial charge in [0.2, 0.25) is 5.05 Å². The number of pyridine rings is 1. The Morgan fingerprint density at radius 3 is 2.93 bits per heavy atom. The predicted octanol–water partition coefficient (Wildman–Crippen LogP) is 3.97. The average molecular weight is 306 g/mol. The van der Waals surface area contributed by atoms with Gasteiger partial charge in [-0.15, -0.1) is 11.8 Å². The van der Waals surface area contributed by atoms with Crippen LogP contribution in [-0.4, -0.2) is 20.9 Å². The molecule has 0 fully saturated rings. The van der Waals surface area contributed by atoms with E-state index in [0.717, 1.165) is 23.5 Å². The Bertz CT molecular complexity index is 357. The summed E-state index contributed by atoms with van der Waals surface area (Å²) in [7, 11) is 0. The molecule has 0 saturated carbocycles. The van der Waals surface area contributed by atoms with Gasteiger partial charge in [0.15, 0.2) is 0 Å². The topological polar surface area (TPSA) is 33.1 Å². The number of thioether (sulfide) groups is 1. The van der Waals surface area contributed by atoms with E-state index in [2.05, 4.69) is 27.8 Å². The normalized spacial score (nSPS) is 10.3. The molecule has 1 aromatic rings. The lowest BCUT2D eigenvalue weighted by Crippen LogP contribution is -2.01. The lowest BCUT2D eigenvalue weighted by molar-refractivity contribution is 0.566. The highest BCUT2D eigenvalue weighted by molar-refractivity contribution is 9.10. The third-order valence-electron chi connectivity index (χ3n) is 1.78. The zero-order valence-electron chi connectivity index (χ0n) is 8.36. The van der Waals surface area contributed by atoms with Crippen LogP contribution in [0.4, 0.5) is 0 Å². The maximum Gasteiger partial charge on any atom is 0.208 e. The van der Waals surface area contributed by atoms with Crippen LogP contribution >= 0.6 is 39.9 Å². The minimum atomic E-state index is -0.143. The molecule has 1 aromatic heterocycles. The maximum atomic E-state index is 9.32. The number of aromatic nitrogens is 1. The van der Waals surface area contributed by atoms with E-state index in [9.17, 15) is 5.11 Å². The first-order valence-corrected chi connectivity index (χ1v) is 6.86. The first kappa shape index (κ1) is 12.9. The number of hydrogen-bond donors (Lipinski definition) is 1. The number of unbranched alkanes of at least 4 members (excludes halogenated alkanes) is 1. The number of thiocarbonyl (C=S) groups is 1. The third kappa shape index (κ3) is 4.09. The summed E-state index contributed by atoms with van der Waals surface area (Å²) in [4.78, 5) is 5.10. The minimum absolute atomic E-state index is 0.143. The smallest absolute Gasteiger partial charge is 0.208 e. The second kappa shape index (κ2) is 6.45. The standard InChI is InChI=1S/C10H12BrNOS2/c1-2-3-6-15-7-4-5-8(11)12-9(7)10(13)14/h4-5H,2-3,6H2,1H3,(H,13,14). The second-order valence-electron chi connectivity index (χ2n) is 2.99. The molecule has 0 radical (unpaired) electrons. The largest absolute Gasteiger partial charge is 0.497 e. The van der Waals surface area contributed by atoms with Gasteiger partial charge in [-0.3, -0.25) is 0 Å². The van der Waals surface area contributed by atoms with Crippen molar-refractivity contribution < 1.29 is 5.11 Å². The minimum Gasteiger partial charge on any atom is -0.497 e. The molecule has 0 bridgehead atoms. The first-order chi connectivity index (χ1) is 7.15. The van der Waals surface area contributed by atoms with E-state index >= 15 is 0 Å². The summed E-state index contributed by atoms with van der Waals surface area (Å²) >= 11 is 9.68. The third-order valence-corrected chi connectivity index (χ3v) is 3.55. The number of halogens is 1. The lowest BCUT2D eigenvalue weighted by atomic mass is 10.4. The maximum absolute atomic E-state index is 9.32. The van der Waals surface area contributed by atoms with Crippen molar-refractivity contribution in [2.75, 3.05) is 5.75 Å². The quantitative estimate of drug-likeness (QED) is 0.386. The van der Waals surface area contributed by atoms with E-state index in [1.54, 1.807) is 11.8 Å². The van der Waals surface area contributed by atoms with Crippen LogP contribution in [0.1, 0.15) is 25.5 Å². The summed E-state index contributed by atoms with van der Waals surface area (Å²) in [5, 5.41) is 9.18. The molecular weight excluding hydrogens is 294 g/mol. The number of hydrogen-bond acceptors (Lipinski definition) is 3. The lowest BCUT2D eigenvalue weighted by Gasteiger charge is -2.06. The van der Waals surface area contributed by atoms with Crippen molar-refractivity contribution in [3.63, 3.8) is 0 Å². The second-order valence-corrected chi connectivity index (χ2v) is 5.32. The van der Waals surface area contributed by atoms with Crippen molar-refractivity contribution in [1.82, 2.24) is 4.98 Å². The summed E-state index contributed by atoms with van der Waals surface area (Å²) < 4.78 is 0.689. The fraction of sp³-hybridized carbons (Fsp3) is 0.400. The van der Waals surface area contributed by atoms with Crippen LogP contribution in [-0.2, 0) is 0 Å². The van der Waals surface area contributed by atoms with E-state index in [4.69, 9.17) is 12.2 Å². The molecule has 2 nitrogen and oxygen atoms in total. The molecule has 0 aliphatic heterocycles. The molecular formula is C10H12BrNOS2. The molecule has 82 valence electrons. The SMILES string of the molecule is CCCCSc1ccc(Br)nc1C(O)=S. The van der Waals surface area contributed by atoms with Crippen LogP contribution in [0.3, 0.4) is 0 Å². The van der Waals surface area contributed by atoms with Crippen LogP contribution in [0.15, 0.2) is 21.6 Å². The number of aliphatic hydroxyl groups is 1. The molecule has 1 rings (SSSR count). The average Bonchev–Trinajstić information content (AvgIpc) is 2.20. The summed E-state index contributed by atoms with van der Waals surface area (Å²) in [5.41, 5.74) is 0.500. The molecule has 1 N–H and O–H groups in total. The monoisotopic (exact) mass is 305 g/mol. The zero-order valence-corrected chi connectivity index (χ0v) is 11.6. The fourth-order valence-electron chi connectivity index (χ4n) is 1.02. The number of aliphatic hydroxyl groups excluding tert-OH is 1. The molecule has 0 saturated heterocycles. The Hall–Kier alpha value is -0.130. The molecule has 0 amide bonds. The number of rotatable bonds is 5. The van der Waals surface area contributed by atoms with Gasteiger partial charge in [-0.2, -0.15) is 0 Å². The first-order valence-electron chi connectivity index (χ1n) is 4.67. The van der Waals surface area contributed by atoms with Crippen LogP contribution in [0.5, 0.6) is 0 Å². The van der Waals surface area contributed by atoms with Crippen molar-refractivity contribution in [1.29, 1.82) is 0 Å². The molecule has 1 heterocycles.